The fourth-order valence-corrected chi connectivity index (χ4v) is 3.27. The number of thiocarbonyl (C=S) groups is 1. The number of amides is 1. The Bertz CT molecular complexity index is 684. The van der Waals surface area contributed by atoms with Crippen LogP contribution in [-0.4, -0.2) is 51.7 Å². The molecule has 10 heteroatoms. The molecule has 1 aromatic heterocycles. The largest absolute Gasteiger partial charge is 0.468 e. The number of aromatic nitrogens is 2. The van der Waals surface area contributed by atoms with Gasteiger partial charge in [0.25, 0.3) is 6.43 Å². The fourth-order valence-electron chi connectivity index (χ4n) is 2.98. The number of likely N-dealkylation sites (tertiary alicyclic amines) is 1. The van der Waals surface area contributed by atoms with Crippen LogP contribution in [0.15, 0.2) is 6.07 Å². The van der Waals surface area contributed by atoms with Crippen molar-refractivity contribution in [3.05, 3.63) is 17.5 Å². The Labute approximate surface area is 149 Å². The summed E-state index contributed by atoms with van der Waals surface area (Å²) in [4.78, 5) is 26.0. The van der Waals surface area contributed by atoms with Crippen molar-refractivity contribution in [1.82, 2.24) is 14.7 Å². The van der Waals surface area contributed by atoms with Crippen molar-refractivity contribution in [3.63, 3.8) is 0 Å². The fraction of sp³-hybridized carbons (Fsp3) is 0.600. The first-order valence-electron chi connectivity index (χ1n) is 7.70. The van der Waals surface area contributed by atoms with Crippen LogP contribution in [0.2, 0.25) is 0 Å². The van der Waals surface area contributed by atoms with Gasteiger partial charge < -0.3 is 15.4 Å². The van der Waals surface area contributed by atoms with Gasteiger partial charge >= 0.3 is 5.97 Å². The number of carbonyl (C=O) groups excluding carboxylic acids is 2. The second-order valence-electron chi connectivity index (χ2n) is 5.99. The summed E-state index contributed by atoms with van der Waals surface area (Å²) < 4.78 is 31.8. The minimum atomic E-state index is -2.71. The number of ether oxygens (including phenoxy) is 1. The molecule has 2 rings (SSSR count). The standard InChI is InChI=1S/C15H20F2N4O3S/c1-9-7-10(12(16)17)21(19-9)8-11(22)20-5-3-15(4-6-20,13(18)25)14(23)24-2/h7,12H,3-6,8H2,1-2H3,(H2,18,25). The zero-order chi connectivity index (χ0) is 18.8. The van der Waals surface area contributed by atoms with E-state index in [1.54, 1.807) is 6.92 Å². The number of methoxy groups -OCH3 is 1. The van der Waals surface area contributed by atoms with E-state index in [-0.39, 0.29) is 49.1 Å². The smallest absolute Gasteiger partial charge is 0.318 e. The quantitative estimate of drug-likeness (QED) is 0.615. The van der Waals surface area contributed by atoms with Crippen molar-refractivity contribution in [2.75, 3.05) is 20.2 Å². The van der Waals surface area contributed by atoms with Gasteiger partial charge in [0.1, 0.15) is 17.7 Å². The van der Waals surface area contributed by atoms with Crippen molar-refractivity contribution < 1.29 is 23.1 Å². The Morgan fingerprint density at radius 3 is 2.52 bits per heavy atom. The molecule has 0 aromatic carbocycles. The highest BCUT2D eigenvalue weighted by molar-refractivity contribution is 7.80. The van der Waals surface area contributed by atoms with Crippen LogP contribution in [0.3, 0.4) is 0 Å². The lowest BCUT2D eigenvalue weighted by molar-refractivity contribution is -0.152. The predicted octanol–water partition coefficient (Wildman–Crippen LogP) is 1.20. The topological polar surface area (TPSA) is 90.5 Å². The van der Waals surface area contributed by atoms with Crippen LogP contribution in [-0.2, 0) is 20.9 Å². The van der Waals surface area contributed by atoms with Gasteiger partial charge in [-0.15, -0.1) is 0 Å². The lowest BCUT2D eigenvalue weighted by Gasteiger charge is -2.38. The van der Waals surface area contributed by atoms with E-state index in [4.69, 9.17) is 22.7 Å². The lowest BCUT2D eigenvalue weighted by atomic mass is 9.78. The summed E-state index contributed by atoms with van der Waals surface area (Å²) in [6.07, 6.45) is -2.24. The number of halogens is 2. The van der Waals surface area contributed by atoms with Crippen molar-refractivity contribution in [1.29, 1.82) is 0 Å². The van der Waals surface area contributed by atoms with Crippen LogP contribution in [0.5, 0.6) is 0 Å². The Kier molecular flexibility index (Phi) is 5.71. The third-order valence-corrected chi connectivity index (χ3v) is 4.85. The minimum Gasteiger partial charge on any atom is -0.468 e. The Balaban J connectivity index is 2.07. The molecule has 1 saturated heterocycles. The molecule has 1 aliphatic heterocycles. The van der Waals surface area contributed by atoms with Gasteiger partial charge in [-0.25, -0.2) is 8.78 Å². The molecule has 1 aromatic rings. The van der Waals surface area contributed by atoms with E-state index in [9.17, 15) is 18.4 Å². The number of piperidine rings is 1. The number of esters is 1. The molecule has 0 bridgehead atoms. The summed E-state index contributed by atoms with van der Waals surface area (Å²) >= 11 is 5.00. The number of hydrogen-bond donors (Lipinski definition) is 1. The molecular formula is C15H20F2N4O3S. The van der Waals surface area contributed by atoms with Gasteiger partial charge in [-0.3, -0.25) is 14.3 Å². The number of hydrogen-bond acceptors (Lipinski definition) is 5. The minimum absolute atomic E-state index is 0.0362. The van der Waals surface area contributed by atoms with E-state index in [0.717, 1.165) is 4.68 Å². The number of carbonyl (C=O) groups is 2. The third-order valence-electron chi connectivity index (χ3n) is 4.46. The first kappa shape index (κ1) is 19.2. The molecule has 138 valence electrons. The number of aryl methyl sites for hydroxylation is 1. The van der Waals surface area contributed by atoms with E-state index >= 15 is 0 Å². The predicted molar refractivity (Wildman–Crippen MR) is 89.0 cm³/mol. The second-order valence-corrected chi connectivity index (χ2v) is 6.43. The molecule has 0 saturated carbocycles. The molecule has 25 heavy (non-hydrogen) atoms. The molecule has 0 atom stereocenters. The van der Waals surface area contributed by atoms with Gasteiger partial charge in [-0.2, -0.15) is 5.10 Å². The number of alkyl halides is 2. The number of nitrogens with two attached hydrogens (primary N) is 1. The summed E-state index contributed by atoms with van der Waals surface area (Å²) in [6.45, 7) is 1.76. The van der Waals surface area contributed by atoms with Gasteiger partial charge in [0.05, 0.1) is 17.8 Å². The molecule has 7 nitrogen and oxygen atoms in total. The van der Waals surface area contributed by atoms with Gasteiger partial charge in [-0.1, -0.05) is 12.2 Å². The molecule has 2 heterocycles. The Morgan fingerprint density at radius 2 is 2.04 bits per heavy atom. The molecule has 1 amide bonds. The first-order chi connectivity index (χ1) is 11.7. The summed E-state index contributed by atoms with van der Waals surface area (Å²) in [5.74, 6) is -0.874. The van der Waals surface area contributed by atoms with E-state index in [1.165, 1.54) is 18.1 Å². The Morgan fingerprint density at radius 1 is 1.44 bits per heavy atom. The van der Waals surface area contributed by atoms with E-state index in [2.05, 4.69) is 5.10 Å². The zero-order valence-electron chi connectivity index (χ0n) is 14.0. The van der Waals surface area contributed by atoms with Gasteiger partial charge in [0.15, 0.2) is 0 Å². The molecule has 2 N–H and O–H groups in total. The van der Waals surface area contributed by atoms with Crippen LogP contribution in [0, 0.1) is 12.3 Å². The van der Waals surface area contributed by atoms with Crippen molar-refractivity contribution >= 4 is 29.1 Å². The van der Waals surface area contributed by atoms with Crippen LogP contribution in [0.1, 0.15) is 30.7 Å². The summed E-state index contributed by atoms with van der Waals surface area (Å²) in [5, 5.41) is 3.94. The average Bonchev–Trinajstić information content (AvgIpc) is 2.94. The average molecular weight is 374 g/mol. The summed E-state index contributed by atoms with van der Waals surface area (Å²) in [7, 11) is 1.26. The van der Waals surface area contributed by atoms with E-state index in [0.29, 0.717) is 5.69 Å². The van der Waals surface area contributed by atoms with Gasteiger partial charge in [0, 0.05) is 13.1 Å². The van der Waals surface area contributed by atoms with E-state index < -0.39 is 17.8 Å². The normalized spacial score (nSPS) is 16.8. The molecule has 1 fully saturated rings. The number of nitrogens with zero attached hydrogens (tertiary/aromatic N) is 3. The van der Waals surface area contributed by atoms with Gasteiger partial charge in [0.2, 0.25) is 5.91 Å². The molecule has 0 radical (unpaired) electrons. The maximum absolute atomic E-state index is 13.0. The monoisotopic (exact) mass is 374 g/mol. The first-order valence-corrected chi connectivity index (χ1v) is 8.10. The maximum Gasteiger partial charge on any atom is 0.318 e. The third kappa shape index (κ3) is 3.78. The van der Waals surface area contributed by atoms with Crippen LogP contribution < -0.4 is 5.73 Å². The number of rotatable bonds is 5. The highest BCUT2D eigenvalue weighted by Gasteiger charge is 2.46. The molecule has 0 aliphatic carbocycles. The lowest BCUT2D eigenvalue weighted by Crippen LogP contribution is -2.53. The highest BCUT2D eigenvalue weighted by Crippen LogP contribution is 2.33. The maximum atomic E-state index is 13.0. The van der Waals surface area contributed by atoms with Crippen LogP contribution in [0.25, 0.3) is 0 Å². The Hall–Kier alpha value is -2.10. The van der Waals surface area contributed by atoms with E-state index in [1.807, 2.05) is 0 Å². The van der Waals surface area contributed by atoms with Crippen molar-refractivity contribution in [2.45, 2.75) is 32.7 Å². The van der Waals surface area contributed by atoms with Crippen molar-refractivity contribution in [2.24, 2.45) is 11.1 Å². The summed E-state index contributed by atoms with van der Waals surface area (Å²) in [5.41, 5.74) is 4.74. The molecule has 1 aliphatic rings. The summed E-state index contributed by atoms with van der Waals surface area (Å²) in [6, 6.07) is 1.25. The molecule has 0 spiro atoms. The van der Waals surface area contributed by atoms with Crippen LogP contribution in [0.4, 0.5) is 8.78 Å². The second kappa shape index (κ2) is 7.42. The van der Waals surface area contributed by atoms with Crippen LogP contribution >= 0.6 is 12.2 Å². The van der Waals surface area contributed by atoms with Gasteiger partial charge in [-0.05, 0) is 25.8 Å². The molecule has 0 unspecified atom stereocenters. The SMILES string of the molecule is COC(=O)C1(C(N)=S)CCN(C(=O)Cn2nc(C)cc2C(F)F)CC1. The molecular weight excluding hydrogens is 354 g/mol. The zero-order valence-corrected chi connectivity index (χ0v) is 14.8. The van der Waals surface area contributed by atoms with Crippen molar-refractivity contribution in [3.8, 4) is 0 Å². The highest BCUT2D eigenvalue weighted by atomic mass is 32.1.